The van der Waals surface area contributed by atoms with Crippen molar-refractivity contribution in [2.45, 2.75) is 39.9 Å². The number of methoxy groups -OCH3 is 2. The molecule has 0 saturated carbocycles. The van der Waals surface area contributed by atoms with Gasteiger partial charge in [0, 0.05) is 34.0 Å². The molecule has 0 bridgehead atoms. The van der Waals surface area contributed by atoms with Crippen molar-refractivity contribution in [2.24, 2.45) is 0 Å². The average molecular weight is 582 g/mol. The molecule has 7 rings (SSSR count). The number of rotatable bonds is 7. The number of hydrogen-bond acceptors (Lipinski definition) is 8. The molecule has 0 aliphatic carbocycles. The summed E-state index contributed by atoms with van der Waals surface area (Å²) in [6.07, 6.45) is 1.75. The zero-order valence-corrected chi connectivity index (χ0v) is 24.8. The predicted molar refractivity (Wildman–Crippen MR) is 165 cm³/mol. The number of hydrogen-bond donors (Lipinski definition) is 0. The average Bonchev–Trinajstić information content (AvgIpc) is 3.58. The minimum absolute atomic E-state index is 0.0348. The third-order valence-corrected chi connectivity index (χ3v) is 7.52. The van der Waals surface area contributed by atoms with Gasteiger partial charge in [0.25, 0.3) is 0 Å². The number of nitrogens with zero attached hydrogens (tertiary/aromatic N) is 1. The minimum Gasteiger partial charge on any atom is -0.493 e. The molecule has 4 heterocycles. The van der Waals surface area contributed by atoms with Gasteiger partial charge >= 0.3 is 5.63 Å². The van der Waals surface area contributed by atoms with Crippen LogP contribution in [0.2, 0.25) is 0 Å². The molecule has 0 fully saturated rings. The Morgan fingerprint density at radius 3 is 2.16 bits per heavy atom. The van der Waals surface area contributed by atoms with Crippen LogP contribution in [0.5, 0.6) is 34.5 Å². The van der Waals surface area contributed by atoms with Gasteiger partial charge in [0.15, 0.2) is 34.5 Å². The molecule has 0 unspecified atom stereocenters. The lowest BCUT2D eigenvalue weighted by atomic mass is 9.98. The van der Waals surface area contributed by atoms with E-state index in [1.165, 1.54) is 0 Å². The van der Waals surface area contributed by atoms with Crippen molar-refractivity contribution in [1.82, 2.24) is 4.40 Å². The summed E-state index contributed by atoms with van der Waals surface area (Å²) >= 11 is 0. The lowest BCUT2D eigenvalue weighted by Gasteiger charge is -2.16. The van der Waals surface area contributed by atoms with E-state index >= 15 is 0 Å². The Bertz CT molecular complexity index is 2120. The van der Waals surface area contributed by atoms with Crippen molar-refractivity contribution >= 4 is 38.2 Å². The second-order valence-corrected chi connectivity index (χ2v) is 11.0. The fourth-order valence-corrected chi connectivity index (χ4v) is 5.85. The van der Waals surface area contributed by atoms with Gasteiger partial charge in [0.1, 0.15) is 11.1 Å². The number of fused-ring (bicyclic) bond motifs is 8. The second kappa shape index (κ2) is 10.0. The molecule has 0 saturated heterocycles. The summed E-state index contributed by atoms with van der Waals surface area (Å²) in [7, 11) is 3.21. The molecule has 9 heteroatoms. The smallest absolute Gasteiger partial charge is 0.361 e. The molecular weight excluding hydrogens is 550 g/mol. The van der Waals surface area contributed by atoms with Crippen LogP contribution in [-0.2, 0) is 0 Å². The van der Waals surface area contributed by atoms with Crippen LogP contribution in [0.25, 0.3) is 49.3 Å². The Hall–Kier alpha value is -5.05. The lowest BCUT2D eigenvalue weighted by Crippen LogP contribution is -2.07. The zero-order chi connectivity index (χ0) is 30.0. The fourth-order valence-electron chi connectivity index (χ4n) is 5.85. The number of ether oxygens (including phenoxy) is 6. The third-order valence-electron chi connectivity index (χ3n) is 7.52. The van der Waals surface area contributed by atoms with Crippen molar-refractivity contribution in [1.29, 1.82) is 0 Å². The highest BCUT2D eigenvalue weighted by Crippen LogP contribution is 2.47. The van der Waals surface area contributed by atoms with E-state index in [1.54, 1.807) is 20.3 Å². The summed E-state index contributed by atoms with van der Waals surface area (Å²) in [5.74, 6) is 3.55. The van der Waals surface area contributed by atoms with Gasteiger partial charge in [-0.2, -0.15) is 0 Å². The molecule has 0 spiro atoms. The van der Waals surface area contributed by atoms with Gasteiger partial charge < -0.3 is 37.2 Å². The molecule has 0 radical (unpaired) electrons. The summed E-state index contributed by atoms with van der Waals surface area (Å²) in [6.45, 7) is 7.95. The van der Waals surface area contributed by atoms with E-state index in [1.807, 2.05) is 80.8 Å². The lowest BCUT2D eigenvalue weighted by molar-refractivity contribution is 0.174. The van der Waals surface area contributed by atoms with Crippen molar-refractivity contribution in [3.05, 3.63) is 65.1 Å². The van der Waals surface area contributed by atoms with Gasteiger partial charge in [0.05, 0.1) is 31.9 Å². The largest absolute Gasteiger partial charge is 0.493 e. The molecule has 9 nitrogen and oxygen atoms in total. The minimum atomic E-state index is -0.476. The van der Waals surface area contributed by atoms with Gasteiger partial charge in [-0.15, -0.1) is 0 Å². The molecule has 220 valence electrons. The Morgan fingerprint density at radius 1 is 0.744 bits per heavy atom. The first-order valence-electron chi connectivity index (χ1n) is 14.1. The van der Waals surface area contributed by atoms with E-state index < -0.39 is 5.63 Å². The first-order chi connectivity index (χ1) is 20.8. The van der Waals surface area contributed by atoms with Gasteiger partial charge in [-0.1, -0.05) is 6.07 Å². The van der Waals surface area contributed by atoms with Crippen molar-refractivity contribution in [3.63, 3.8) is 0 Å². The maximum Gasteiger partial charge on any atom is 0.361 e. The van der Waals surface area contributed by atoms with E-state index in [0.29, 0.717) is 56.4 Å². The van der Waals surface area contributed by atoms with Crippen molar-refractivity contribution < 1.29 is 32.8 Å². The monoisotopic (exact) mass is 581 g/mol. The maximum absolute atomic E-state index is 13.8. The van der Waals surface area contributed by atoms with Gasteiger partial charge in [-0.3, -0.25) is 0 Å². The number of pyridine rings is 1. The summed E-state index contributed by atoms with van der Waals surface area (Å²) in [5, 5.41) is 3.24. The van der Waals surface area contributed by atoms with Crippen LogP contribution >= 0.6 is 0 Å². The Labute approximate surface area is 247 Å². The number of benzene rings is 3. The van der Waals surface area contributed by atoms with Crippen LogP contribution in [0.1, 0.15) is 27.7 Å². The molecule has 0 N–H and O–H groups in total. The molecular formula is C34H31NO8. The van der Waals surface area contributed by atoms with Gasteiger partial charge in [-0.05, 0) is 75.0 Å². The topological polar surface area (TPSA) is 90.0 Å². The zero-order valence-electron chi connectivity index (χ0n) is 24.8. The third kappa shape index (κ3) is 4.26. The van der Waals surface area contributed by atoms with Crippen molar-refractivity contribution in [3.8, 4) is 45.6 Å². The van der Waals surface area contributed by atoms with Gasteiger partial charge in [0.2, 0.25) is 6.79 Å². The summed E-state index contributed by atoms with van der Waals surface area (Å²) in [5.41, 5.74) is 2.78. The number of aromatic nitrogens is 1. The van der Waals surface area contributed by atoms with E-state index in [0.717, 1.165) is 27.4 Å². The molecule has 0 amide bonds. The SMILES string of the molecule is COc1cc(-c2c3c4cc(OC)c(OC(C)C)cc4oc(=O)c3n3ccc4cc5c(cc4c23)OCO5)ccc1OC(C)C. The summed E-state index contributed by atoms with van der Waals surface area (Å²) < 4.78 is 42.8. The molecule has 1 aliphatic rings. The Morgan fingerprint density at radius 2 is 1.44 bits per heavy atom. The van der Waals surface area contributed by atoms with Crippen LogP contribution in [0.4, 0.5) is 0 Å². The summed E-state index contributed by atoms with van der Waals surface area (Å²) in [4.78, 5) is 13.8. The second-order valence-electron chi connectivity index (χ2n) is 11.0. The highest BCUT2D eigenvalue weighted by molar-refractivity contribution is 6.22. The predicted octanol–water partition coefficient (Wildman–Crippen LogP) is 7.34. The highest BCUT2D eigenvalue weighted by atomic mass is 16.7. The Kier molecular flexibility index (Phi) is 6.27. The van der Waals surface area contributed by atoms with Gasteiger partial charge in [-0.25, -0.2) is 4.79 Å². The molecule has 0 atom stereocenters. The first kappa shape index (κ1) is 26.8. The van der Waals surface area contributed by atoms with E-state index in [-0.39, 0.29) is 19.0 Å². The van der Waals surface area contributed by atoms with Crippen LogP contribution in [0, 0.1) is 0 Å². The van der Waals surface area contributed by atoms with Crippen molar-refractivity contribution in [2.75, 3.05) is 21.0 Å². The summed E-state index contributed by atoms with van der Waals surface area (Å²) in [6, 6.07) is 15.3. The fraction of sp³-hybridized carbons (Fsp3) is 0.265. The van der Waals surface area contributed by atoms with Crippen LogP contribution < -0.4 is 34.0 Å². The molecule has 43 heavy (non-hydrogen) atoms. The van der Waals surface area contributed by atoms with E-state index in [9.17, 15) is 4.79 Å². The normalized spacial score (nSPS) is 12.7. The van der Waals surface area contributed by atoms with Crippen LogP contribution in [0.15, 0.2) is 63.9 Å². The highest BCUT2D eigenvalue weighted by Gasteiger charge is 2.26. The van der Waals surface area contributed by atoms with E-state index in [4.69, 9.17) is 32.8 Å². The first-order valence-corrected chi connectivity index (χ1v) is 14.1. The molecule has 3 aromatic carbocycles. The molecule has 3 aromatic heterocycles. The molecule has 6 aromatic rings. The van der Waals surface area contributed by atoms with Crippen LogP contribution in [0.3, 0.4) is 0 Å². The Balaban J connectivity index is 1.66. The van der Waals surface area contributed by atoms with E-state index in [2.05, 4.69) is 0 Å². The standard InChI is InChI=1S/C34H31NO8/c1-17(2)41-23-8-7-20(12-25(23)37-5)30-31-22-14-26(38-6)29(42-18(3)4)15-24(22)43-34(36)33(31)35-10-9-19-11-27-28(40-16-39-27)13-21(19)32(30)35/h7-15,17-18H,16H2,1-6H3. The quantitative estimate of drug-likeness (QED) is 0.181. The maximum atomic E-state index is 13.8. The van der Waals surface area contributed by atoms with Crippen LogP contribution in [-0.4, -0.2) is 37.6 Å². The molecule has 1 aliphatic heterocycles.